The van der Waals surface area contributed by atoms with Crippen molar-refractivity contribution >= 4 is 15.8 Å². The Kier molecular flexibility index (Phi) is 6.87. The molecule has 0 radical (unpaired) electrons. The van der Waals surface area contributed by atoms with Crippen LogP contribution in [0.15, 0.2) is 47.6 Å². The van der Waals surface area contributed by atoms with Gasteiger partial charge >= 0.3 is 5.97 Å². The minimum Gasteiger partial charge on any atom is -0.481 e. The summed E-state index contributed by atoms with van der Waals surface area (Å²) < 4.78 is 39.1. The van der Waals surface area contributed by atoms with Gasteiger partial charge in [-0.3, -0.25) is 4.79 Å². The molecular weight excluding hydrogens is 424 g/mol. The van der Waals surface area contributed by atoms with Crippen molar-refractivity contribution in [2.24, 2.45) is 5.92 Å². The molecule has 10 nitrogen and oxygen atoms in total. The Morgan fingerprint density at radius 2 is 2.00 bits per heavy atom. The van der Waals surface area contributed by atoms with Gasteiger partial charge in [-0.15, -0.1) is 0 Å². The monoisotopic (exact) mass is 450 g/mol. The summed E-state index contributed by atoms with van der Waals surface area (Å²) in [6.45, 7) is 5.25. The van der Waals surface area contributed by atoms with Gasteiger partial charge in [-0.1, -0.05) is 42.4 Å². The third-order valence-electron chi connectivity index (χ3n) is 4.71. The number of carbonyl (C=O) groups is 1. The summed E-state index contributed by atoms with van der Waals surface area (Å²) in [5.74, 6) is -2.25. The van der Waals surface area contributed by atoms with E-state index in [2.05, 4.69) is 15.5 Å². The molecule has 0 aliphatic carbocycles. The molecule has 0 spiro atoms. The Labute approximate surface area is 180 Å². The van der Waals surface area contributed by atoms with Gasteiger partial charge in [-0.2, -0.15) is 4.68 Å². The lowest BCUT2D eigenvalue weighted by Crippen LogP contribution is -2.31. The molecule has 3 atom stereocenters. The maximum Gasteiger partial charge on any atom is 0.303 e. The number of aliphatic carboxylic acids is 1. The molecule has 1 aromatic heterocycles. The molecule has 1 N–H and O–H groups in total. The highest BCUT2D eigenvalue weighted by Gasteiger charge is 2.43. The first kappa shape index (κ1) is 23.0. The summed E-state index contributed by atoms with van der Waals surface area (Å²) in [6, 6.07) is 8.74. The van der Waals surface area contributed by atoms with E-state index in [9.17, 15) is 13.2 Å². The average molecular weight is 451 g/mol. The molecule has 1 fully saturated rings. The molecule has 1 aromatic carbocycles. The second-order valence-electron chi connectivity index (χ2n) is 8.00. The Morgan fingerprint density at radius 1 is 1.29 bits per heavy atom. The SMILES string of the molecule is C[C@@H](C/C=C/[C@@H]1OC(C)(C)O[C@H]1CS(=O)(=O)c1nnnn1-c1ccccc1)CC(=O)O. The number of allylic oxidation sites excluding steroid dienone is 1. The highest BCUT2D eigenvalue weighted by Crippen LogP contribution is 2.31. The van der Waals surface area contributed by atoms with Gasteiger partial charge in [0.1, 0.15) is 12.2 Å². The van der Waals surface area contributed by atoms with Gasteiger partial charge in [0.15, 0.2) is 5.79 Å². The van der Waals surface area contributed by atoms with Crippen molar-refractivity contribution in [1.29, 1.82) is 0 Å². The van der Waals surface area contributed by atoms with Gasteiger partial charge in [0, 0.05) is 6.42 Å². The highest BCUT2D eigenvalue weighted by atomic mass is 32.2. The third kappa shape index (κ3) is 5.96. The maximum absolute atomic E-state index is 13.1. The zero-order valence-electron chi connectivity index (χ0n) is 17.6. The second kappa shape index (κ2) is 9.25. The Morgan fingerprint density at radius 3 is 2.68 bits per heavy atom. The van der Waals surface area contributed by atoms with Crippen molar-refractivity contribution < 1.29 is 27.8 Å². The van der Waals surface area contributed by atoms with Crippen molar-refractivity contribution in [3.05, 3.63) is 42.5 Å². The van der Waals surface area contributed by atoms with Crippen LogP contribution in [0.4, 0.5) is 0 Å². The lowest BCUT2D eigenvalue weighted by molar-refractivity contribution is -0.141. The Hall–Kier alpha value is -2.63. The quantitative estimate of drug-likeness (QED) is 0.569. The summed E-state index contributed by atoms with van der Waals surface area (Å²) in [5, 5.41) is 19.7. The number of aromatic nitrogens is 4. The van der Waals surface area contributed by atoms with Crippen LogP contribution in [0, 0.1) is 5.92 Å². The summed E-state index contributed by atoms with van der Waals surface area (Å²) in [5.41, 5.74) is 0.527. The van der Waals surface area contributed by atoms with Gasteiger partial charge in [-0.05, 0) is 48.7 Å². The van der Waals surface area contributed by atoms with E-state index in [1.807, 2.05) is 13.0 Å². The van der Waals surface area contributed by atoms with Crippen LogP contribution >= 0.6 is 0 Å². The first-order chi connectivity index (χ1) is 14.6. The van der Waals surface area contributed by atoms with Crippen LogP contribution in [0.25, 0.3) is 5.69 Å². The molecule has 11 heteroatoms. The van der Waals surface area contributed by atoms with E-state index in [4.69, 9.17) is 14.6 Å². The zero-order chi connectivity index (χ0) is 22.6. The lowest BCUT2D eigenvalue weighted by atomic mass is 10.0. The minimum atomic E-state index is -3.91. The van der Waals surface area contributed by atoms with Crippen molar-refractivity contribution in [2.75, 3.05) is 5.75 Å². The number of ether oxygens (including phenoxy) is 2. The summed E-state index contributed by atoms with van der Waals surface area (Å²) in [7, 11) is -3.91. The average Bonchev–Trinajstić information content (AvgIpc) is 3.26. The number of sulfone groups is 1. The number of carboxylic acids is 1. The number of hydrogen-bond acceptors (Lipinski definition) is 8. The second-order valence-corrected chi connectivity index (χ2v) is 9.92. The van der Waals surface area contributed by atoms with Crippen LogP contribution in [-0.4, -0.2) is 63.4 Å². The molecule has 168 valence electrons. The van der Waals surface area contributed by atoms with Crippen LogP contribution in [0.1, 0.15) is 33.6 Å². The van der Waals surface area contributed by atoms with Crippen LogP contribution in [0.5, 0.6) is 0 Å². The van der Waals surface area contributed by atoms with Gasteiger partial charge in [-0.25, -0.2) is 8.42 Å². The molecule has 2 aromatic rings. The van der Waals surface area contributed by atoms with Crippen LogP contribution in [-0.2, 0) is 24.1 Å². The third-order valence-corrected chi connectivity index (χ3v) is 6.29. The number of rotatable bonds is 9. The Bertz CT molecular complexity index is 1030. The largest absolute Gasteiger partial charge is 0.481 e. The maximum atomic E-state index is 13.1. The predicted molar refractivity (Wildman–Crippen MR) is 110 cm³/mol. The minimum absolute atomic E-state index is 0.0534. The first-order valence-corrected chi connectivity index (χ1v) is 11.5. The molecule has 1 aliphatic rings. The molecule has 1 saturated heterocycles. The number of benzene rings is 1. The molecule has 31 heavy (non-hydrogen) atoms. The van der Waals surface area contributed by atoms with E-state index in [1.165, 1.54) is 4.68 Å². The van der Waals surface area contributed by atoms with Gasteiger partial charge in [0.2, 0.25) is 9.84 Å². The van der Waals surface area contributed by atoms with E-state index >= 15 is 0 Å². The van der Waals surface area contributed by atoms with Gasteiger partial charge < -0.3 is 14.6 Å². The molecule has 2 heterocycles. The van der Waals surface area contributed by atoms with Crippen LogP contribution in [0.2, 0.25) is 0 Å². The van der Waals surface area contributed by atoms with Crippen molar-refractivity contribution in [2.45, 2.75) is 56.8 Å². The number of tetrazole rings is 1. The van der Waals surface area contributed by atoms with E-state index in [-0.39, 0.29) is 23.2 Å². The first-order valence-electron chi connectivity index (χ1n) is 9.88. The smallest absolute Gasteiger partial charge is 0.303 e. The Balaban J connectivity index is 1.76. The zero-order valence-corrected chi connectivity index (χ0v) is 18.4. The summed E-state index contributed by atoms with van der Waals surface area (Å²) in [6.07, 6.45) is 2.73. The van der Waals surface area contributed by atoms with E-state index in [0.717, 1.165) is 0 Å². The number of para-hydroxylation sites is 1. The van der Waals surface area contributed by atoms with E-state index in [1.54, 1.807) is 50.3 Å². The van der Waals surface area contributed by atoms with E-state index in [0.29, 0.717) is 12.1 Å². The number of hydrogen-bond donors (Lipinski definition) is 1. The normalized spacial score (nSPS) is 22.0. The predicted octanol–water partition coefficient (Wildman–Crippen LogP) is 2.01. The fraction of sp³-hybridized carbons (Fsp3) is 0.500. The van der Waals surface area contributed by atoms with Crippen LogP contribution in [0.3, 0.4) is 0 Å². The fourth-order valence-electron chi connectivity index (χ4n) is 3.38. The van der Waals surface area contributed by atoms with Crippen molar-refractivity contribution in [1.82, 2.24) is 20.2 Å². The molecule has 3 rings (SSSR count). The summed E-state index contributed by atoms with van der Waals surface area (Å²) in [4.78, 5) is 10.8. The highest BCUT2D eigenvalue weighted by molar-refractivity contribution is 7.91. The topological polar surface area (TPSA) is 134 Å². The lowest BCUT2D eigenvalue weighted by Gasteiger charge is -2.16. The molecule has 0 amide bonds. The molecule has 0 saturated carbocycles. The molecule has 0 unspecified atom stereocenters. The molecular formula is C20H26N4O6S. The fourth-order valence-corrected chi connectivity index (χ4v) is 4.78. The van der Waals surface area contributed by atoms with Gasteiger partial charge in [0.25, 0.3) is 5.16 Å². The van der Waals surface area contributed by atoms with Gasteiger partial charge in [0.05, 0.1) is 11.4 Å². The van der Waals surface area contributed by atoms with Crippen molar-refractivity contribution in [3.63, 3.8) is 0 Å². The van der Waals surface area contributed by atoms with E-state index < -0.39 is 33.8 Å². The standard InChI is InChI=1S/C20H26N4O6S/c1-14(12-18(25)26)8-7-11-16-17(30-20(2,3)29-16)13-31(27,28)19-21-22-23-24(19)15-9-5-4-6-10-15/h4-7,9-11,14,16-17H,8,12-13H2,1-3H3,(H,25,26)/b11-7+/t14-,16-,17-/m0/s1. The molecule has 1 aliphatic heterocycles. The number of carboxylic acid groups (broad SMARTS) is 1. The van der Waals surface area contributed by atoms with Crippen LogP contribution < -0.4 is 0 Å². The number of nitrogens with zero attached hydrogens (tertiary/aromatic N) is 4. The van der Waals surface area contributed by atoms with Crippen molar-refractivity contribution in [3.8, 4) is 5.69 Å². The molecule has 0 bridgehead atoms. The summed E-state index contributed by atoms with van der Waals surface area (Å²) >= 11 is 0.